The normalized spacial score (nSPS) is 12.8. The summed E-state index contributed by atoms with van der Waals surface area (Å²) < 4.78 is 5.91. The van der Waals surface area contributed by atoms with E-state index >= 15 is 0 Å². The smallest absolute Gasteiger partial charge is 0.134 e. The van der Waals surface area contributed by atoms with E-state index in [1.54, 1.807) is 6.07 Å². The van der Waals surface area contributed by atoms with Crippen LogP contribution in [0.15, 0.2) is 52.9 Å². The molecule has 0 fully saturated rings. The summed E-state index contributed by atoms with van der Waals surface area (Å²) in [7, 11) is 1.88. The highest BCUT2D eigenvalue weighted by molar-refractivity contribution is 6.34. The minimum Gasteiger partial charge on any atom is -0.459 e. The molecule has 3 aromatic rings. The zero-order valence-corrected chi connectivity index (χ0v) is 12.4. The number of benzene rings is 2. The van der Waals surface area contributed by atoms with E-state index in [2.05, 4.69) is 5.32 Å². The molecule has 1 unspecified atom stereocenters. The lowest BCUT2D eigenvalue weighted by molar-refractivity contribution is 0.491. The fourth-order valence-corrected chi connectivity index (χ4v) is 2.90. The largest absolute Gasteiger partial charge is 0.459 e. The Kier molecular flexibility index (Phi) is 3.70. The van der Waals surface area contributed by atoms with E-state index in [9.17, 15) is 0 Å². The lowest BCUT2D eigenvalue weighted by atomic mass is 10.0. The third-order valence-corrected chi connectivity index (χ3v) is 3.67. The fourth-order valence-electron chi connectivity index (χ4n) is 2.36. The van der Waals surface area contributed by atoms with Crippen molar-refractivity contribution in [3.05, 3.63) is 69.9 Å². The van der Waals surface area contributed by atoms with Crippen molar-refractivity contribution in [3.8, 4) is 0 Å². The quantitative estimate of drug-likeness (QED) is 0.732. The summed E-state index contributed by atoms with van der Waals surface area (Å²) >= 11 is 12.1. The summed E-state index contributed by atoms with van der Waals surface area (Å²) in [6.45, 7) is 0. The van der Waals surface area contributed by atoms with Gasteiger partial charge in [0.1, 0.15) is 11.3 Å². The van der Waals surface area contributed by atoms with Crippen LogP contribution in [0.3, 0.4) is 0 Å². The van der Waals surface area contributed by atoms with Crippen molar-refractivity contribution in [2.75, 3.05) is 7.05 Å². The number of hydrogen-bond donors (Lipinski definition) is 1. The van der Waals surface area contributed by atoms with Crippen molar-refractivity contribution in [1.29, 1.82) is 0 Å². The number of furan rings is 1. The summed E-state index contributed by atoms with van der Waals surface area (Å²) in [5.41, 5.74) is 1.85. The first kappa shape index (κ1) is 13.5. The summed E-state index contributed by atoms with van der Waals surface area (Å²) in [5, 5.41) is 5.55. The molecular weight excluding hydrogens is 293 g/mol. The molecule has 0 saturated carbocycles. The number of rotatable bonds is 3. The van der Waals surface area contributed by atoms with Gasteiger partial charge in [-0.3, -0.25) is 0 Å². The molecule has 1 heterocycles. The van der Waals surface area contributed by atoms with Gasteiger partial charge < -0.3 is 9.73 Å². The molecule has 1 atom stereocenters. The van der Waals surface area contributed by atoms with Gasteiger partial charge in [0.15, 0.2) is 0 Å². The van der Waals surface area contributed by atoms with Crippen molar-refractivity contribution in [1.82, 2.24) is 5.32 Å². The van der Waals surface area contributed by atoms with Gasteiger partial charge in [-0.05, 0) is 42.9 Å². The number of nitrogens with one attached hydrogen (secondary N) is 1. The molecule has 0 radical (unpaired) electrons. The van der Waals surface area contributed by atoms with Gasteiger partial charge in [-0.2, -0.15) is 0 Å². The van der Waals surface area contributed by atoms with Gasteiger partial charge >= 0.3 is 0 Å². The Morgan fingerprint density at radius 1 is 1.00 bits per heavy atom. The summed E-state index contributed by atoms with van der Waals surface area (Å²) in [6.07, 6.45) is 0. The van der Waals surface area contributed by atoms with Gasteiger partial charge in [-0.25, -0.2) is 0 Å². The average molecular weight is 306 g/mol. The molecule has 2 aromatic carbocycles. The number of para-hydroxylation sites is 1. The van der Waals surface area contributed by atoms with Crippen LogP contribution in [0.2, 0.25) is 10.0 Å². The Bertz CT molecular complexity index is 698. The third-order valence-electron chi connectivity index (χ3n) is 3.24. The van der Waals surface area contributed by atoms with Crippen LogP contribution >= 0.6 is 23.2 Å². The maximum Gasteiger partial charge on any atom is 0.134 e. The van der Waals surface area contributed by atoms with E-state index in [0.29, 0.717) is 10.0 Å². The second-order valence-corrected chi connectivity index (χ2v) is 5.48. The maximum absolute atomic E-state index is 6.07. The average Bonchev–Trinajstić information content (AvgIpc) is 2.81. The van der Waals surface area contributed by atoms with Gasteiger partial charge in [-0.1, -0.05) is 41.4 Å². The molecule has 102 valence electrons. The van der Waals surface area contributed by atoms with Gasteiger partial charge in [0.25, 0.3) is 0 Å². The molecule has 0 aliphatic carbocycles. The lowest BCUT2D eigenvalue weighted by Gasteiger charge is -2.14. The van der Waals surface area contributed by atoms with Crippen LogP contribution in [-0.2, 0) is 0 Å². The summed E-state index contributed by atoms with van der Waals surface area (Å²) in [4.78, 5) is 0. The minimum atomic E-state index is -0.0846. The molecule has 0 aliphatic heterocycles. The monoisotopic (exact) mass is 305 g/mol. The van der Waals surface area contributed by atoms with Gasteiger partial charge in [0.2, 0.25) is 0 Å². The van der Waals surface area contributed by atoms with Gasteiger partial charge in [0.05, 0.1) is 6.04 Å². The first-order valence-electron chi connectivity index (χ1n) is 6.29. The number of fused-ring (bicyclic) bond motifs is 1. The molecule has 0 aliphatic rings. The van der Waals surface area contributed by atoms with Crippen LogP contribution < -0.4 is 5.32 Å². The van der Waals surface area contributed by atoms with E-state index in [0.717, 1.165) is 22.3 Å². The predicted molar refractivity (Wildman–Crippen MR) is 83.6 cm³/mol. The summed E-state index contributed by atoms with van der Waals surface area (Å²) in [6, 6.07) is 15.4. The lowest BCUT2D eigenvalue weighted by Crippen LogP contribution is -2.16. The molecule has 20 heavy (non-hydrogen) atoms. The van der Waals surface area contributed by atoms with E-state index in [-0.39, 0.29) is 6.04 Å². The van der Waals surface area contributed by atoms with Crippen molar-refractivity contribution < 1.29 is 4.42 Å². The van der Waals surface area contributed by atoms with Crippen LogP contribution in [0, 0.1) is 0 Å². The second-order valence-electron chi connectivity index (χ2n) is 4.61. The van der Waals surface area contributed by atoms with Crippen LogP contribution in [0.5, 0.6) is 0 Å². The predicted octanol–water partition coefficient (Wildman–Crippen LogP) is 5.05. The maximum atomic E-state index is 6.07. The highest BCUT2D eigenvalue weighted by atomic mass is 35.5. The van der Waals surface area contributed by atoms with Gasteiger partial charge in [0, 0.05) is 15.4 Å². The Balaban J connectivity index is 2.08. The molecule has 0 bridgehead atoms. The van der Waals surface area contributed by atoms with Crippen molar-refractivity contribution in [3.63, 3.8) is 0 Å². The molecule has 0 saturated heterocycles. The molecule has 1 aromatic heterocycles. The Morgan fingerprint density at radius 3 is 2.35 bits per heavy atom. The van der Waals surface area contributed by atoms with Crippen molar-refractivity contribution in [2.45, 2.75) is 6.04 Å². The SMILES string of the molecule is CNC(c1cc(Cl)cc(Cl)c1)c1cc2ccccc2o1. The van der Waals surface area contributed by atoms with Crippen LogP contribution in [0.1, 0.15) is 17.4 Å². The van der Waals surface area contributed by atoms with E-state index in [4.69, 9.17) is 27.6 Å². The van der Waals surface area contributed by atoms with Crippen molar-refractivity contribution >= 4 is 34.2 Å². The molecule has 3 rings (SSSR count). The van der Waals surface area contributed by atoms with Crippen LogP contribution in [0.4, 0.5) is 0 Å². The molecule has 2 nitrogen and oxygen atoms in total. The number of hydrogen-bond acceptors (Lipinski definition) is 2. The number of halogens is 2. The Labute approximate surface area is 127 Å². The van der Waals surface area contributed by atoms with Crippen LogP contribution in [-0.4, -0.2) is 7.05 Å². The van der Waals surface area contributed by atoms with Crippen LogP contribution in [0.25, 0.3) is 11.0 Å². The highest BCUT2D eigenvalue weighted by Crippen LogP contribution is 2.31. The van der Waals surface area contributed by atoms with E-state index in [1.165, 1.54) is 0 Å². The standard InChI is InChI=1S/C16H13Cl2NO/c1-19-16(11-6-12(17)9-13(18)7-11)15-8-10-4-2-3-5-14(10)20-15/h2-9,16,19H,1H3. The third kappa shape index (κ3) is 2.55. The first-order chi connectivity index (χ1) is 9.67. The highest BCUT2D eigenvalue weighted by Gasteiger charge is 2.17. The fraction of sp³-hybridized carbons (Fsp3) is 0.125. The molecule has 0 spiro atoms. The summed E-state index contributed by atoms with van der Waals surface area (Å²) in [5.74, 6) is 0.840. The van der Waals surface area contributed by atoms with Gasteiger partial charge in [-0.15, -0.1) is 0 Å². The second kappa shape index (κ2) is 5.49. The Morgan fingerprint density at radius 2 is 1.70 bits per heavy atom. The first-order valence-corrected chi connectivity index (χ1v) is 7.04. The minimum absolute atomic E-state index is 0.0846. The zero-order valence-electron chi connectivity index (χ0n) is 10.9. The molecule has 4 heteroatoms. The Hall–Kier alpha value is -1.48. The van der Waals surface area contributed by atoms with E-state index < -0.39 is 0 Å². The van der Waals surface area contributed by atoms with E-state index in [1.807, 2.05) is 49.5 Å². The molecule has 0 amide bonds. The molecular formula is C16H13Cl2NO. The molecule has 1 N–H and O–H groups in total. The topological polar surface area (TPSA) is 25.2 Å². The van der Waals surface area contributed by atoms with Crippen molar-refractivity contribution in [2.24, 2.45) is 0 Å². The zero-order chi connectivity index (χ0) is 14.1.